The fraction of sp³-hybridized carbons (Fsp3) is 0.273. The molecule has 0 radical (unpaired) electrons. The molecule has 0 saturated heterocycles. The molecule has 0 amide bonds. The zero-order valence-corrected chi connectivity index (χ0v) is 8.49. The van der Waals surface area contributed by atoms with E-state index in [-0.39, 0.29) is 6.17 Å². The number of para-hydroxylation sites is 1. The van der Waals surface area contributed by atoms with Gasteiger partial charge in [-0.15, -0.1) is 0 Å². The molecule has 0 spiro atoms. The van der Waals surface area contributed by atoms with Gasteiger partial charge in [0.05, 0.1) is 6.17 Å². The van der Waals surface area contributed by atoms with E-state index in [1.54, 1.807) is 0 Å². The molecule has 74 valence electrons. The number of fused-ring (bicyclic) bond motifs is 1. The van der Waals surface area contributed by atoms with E-state index in [4.69, 9.17) is 5.73 Å². The minimum Gasteiger partial charge on any atom is -0.350 e. The number of nitrogens with zero attached hydrogens (tertiary/aromatic N) is 1. The van der Waals surface area contributed by atoms with Crippen LogP contribution in [0.4, 0.5) is 0 Å². The largest absolute Gasteiger partial charge is 0.350 e. The molecule has 0 aliphatic rings. The van der Waals surface area contributed by atoms with Gasteiger partial charge in [-0.1, -0.05) is 18.2 Å². The van der Waals surface area contributed by atoms with E-state index in [1.165, 1.54) is 10.9 Å². The third-order valence-electron chi connectivity index (χ3n) is 2.57. The minimum atomic E-state index is -0.0962. The maximum atomic E-state index is 5.95. The fourth-order valence-electron chi connectivity index (χ4n) is 1.78. The van der Waals surface area contributed by atoms with Crippen molar-refractivity contribution in [3.63, 3.8) is 0 Å². The van der Waals surface area contributed by atoms with E-state index in [2.05, 4.69) is 28.2 Å². The molecule has 3 N–H and O–H groups in total. The second kappa shape index (κ2) is 3.44. The summed E-state index contributed by atoms with van der Waals surface area (Å²) in [5.41, 5.74) is 8.31. The Labute approximate surface area is 83.5 Å². The number of rotatable bonds is 2. The van der Waals surface area contributed by atoms with Crippen LogP contribution >= 0.6 is 0 Å². The Kier molecular flexibility index (Phi) is 2.27. The molecular formula is C11H15N3. The second-order valence-electron chi connectivity index (χ2n) is 3.48. The predicted molar refractivity (Wildman–Crippen MR) is 58.9 cm³/mol. The van der Waals surface area contributed by atoms with Gasteiger partial charge in [0.15, 0.2) is 0 Å². The van der Waals surface area contributed by atoms with Crippen molar-refractivity contribution in [1.29, 1.82) is 0 Å². The highest BCUT2D eigenvalue weighted by molar-refractivity contribution is 5.84. The highest BCUT2D eigenvalue weighted by Gasteiger charge is 2.10. The number of aromatic nitrogens is 1. The third-order valence-corrected chi connectivity index (χ3v) is 2.57. The summed E-state index contributed by atoms with van der Waals surface area (Å²) in [5, 5.41) is 4.27. The molecule has 2 rings (SSSR count). The monoisotopic (exact) mass is 189 g/mol. The molecule has 1 unspecified atom stereocenters. The lowest BCUT2D eigenvalue weighted by Crippen LogP contribution is -2.24. The summed E-state index contributed by atoms with van der Waals surface area (Å²) in [7, 11) is 3.90. The first-order valence-corrected chi connectivity index (χ1v) is 4.71. The molecule has 0 aliphatic heterocycles. The van der Waals surface area contributed by atoms with Gasteiger partial charge in [-0.3, -0.25) is 0 Å². The second-order valence-corrected chi connectivity index (χ2v) is 3.48. The van der Waals surface area contributed by atoms with Crippen LogP contribution in [-0.2, 0) is 7.05 Å². The lowest BCUT2D eigenvalue weighted by Gasteiger charge is -2.08. The molecule has 2 aromatic rings. The smallest absolute Gasteiger partial charge is 0.0828 e. The van der Waals surface area contributed by atoms with Crippen molar-refractivity contribution in [3.05, 3.63) is 36.0 Å². The Balaban J connectivity index is 2.66. The van der Waals surface area contributed by atoms with Crippen molar-refractivity contribution in [1.82, 2.24) is 9.88 Å². The molecule has 14 heavy (non-hydrogen) atoms. The molecule has 1 atom stereocenters. The molecule has 0 bridgehead atoms. The first-order chi connectivity index (χ1) is 6.74. The Morgan fingerprint density at radius 2 is 2.07 bits per heavy atom. The number of nitrogens with one attached hydrogen (secondary N) is 1. The van der Waals surface area contributed by atoms with Gasteiger partial charge in [-0.2, -0.15) is 0 Å². The Bertz CT molecular complexity index is 445. The van der Waals surface area contributed by atoms with Crippen LogP contribution in [0.5, 0.6) is 0 Å². The normalized spacial score (nSPS) is 13.4. The van der Waals surface area contributed by atoms with E-state index in [1.807, 2.05) is 26.2 Å². The van der Waals surface area contributed by atoms with Crippen LogP contribution in [-0.4, -0.2) is 11.6 Å². The van der Waals surface area contributed by atoms with Gasteiger partial charge in [-0.25, -0.2) is 0 Å². The minimum absolute atomic E-state index is 0.0962. The summed E-state index contributed by atoms with van der Waals surface area (Å²) in [6.07, 6.45) is 1.98. The van der Waals surface area contributed by atoms with E-state index in [9.17, 15) is 0 Å². The van der Waals surface area contributed by atoms with Crippen LogP contribution in [0, 0.1) is 0 Å². The standard InChI is InChI=1S/C11H15N3/c1-13-11(12)9-7-14(2)10-6-4-3-5-8(9)10/h3-7,11,13H,12H2,1-2H3. The quantitative estimate of drug-likeness (QED) is 0.700. The van der Waals surface area contributed by atoms with Crippen molar-refractivity contribution < 1.29 is 0 Å². The summed E-state index contributed by atoms with van der Waals surface area (Å²) in [6.45, 7) is 0. The zero-order valence-electron chi connectivity index (χ0n) is 8.49. The first kappa shape index (κ1) is 9.24. The van der Waals surface area contributed by atoms with Crippen LogP contribution in [0.25, 0.3) is 10.9 Å². The van der Waals surface area contributed by atoms with Gasteiger partial charge < -0.3 is 15.6 Å². The topological polar surface area (TPSA) is 43.0 Å². The van der Waals surface area contributed by atoms with Crippen LogP contribution in [0.1, 0.15) is 11.7 Å². The van der Waals surface area contributed by atoms with Crippen LogP contribution < -0.4 is 11.1 Å². The molecule has 0 aliphatic carbocycles. The number of hydrogen-bond acceptors (Lipinski definition) is 2. The zero-order chi connectivity index (χ0) is 10.1. The lowest BCUT2D eigenvalue weighted by molar-refractivity contribution is 0.624. The fourth-order valence-corrected chi connectivity index (χ4v) is 1.78. The van der Waals surface area contributed by atoms with Crippen molar-refractivity contribution in [2.45, 2.75) is 6.17 Å². The van der Waals surface area contributed by atoms with Crippen LogP contribution in [0.15, 0.2) is 30.5 Å². The number of hydrogen-bond donors (Lipinski definition) is 2. The molecule has 3 heteroatoms. The van der Waals surface area contributed by atoms with Gasteiger partial charge in [0.25, 0.3) is 0 Å². The van der Waals surface area contributed by atoms with E-state index in [0.29, 0.717) is 0 Å². The molecule has 1 aromatic heterocycles. The van der Waals surface area contributed by atoms with Crippen molar-refractivity contribution in [3.8, 4) is 0 Å². The van der Waals surface area contributed by atoms with Gasteiger partial charge in [0.1, 0.15) is 0 Å². The van der Waals surface area contributed by atoms with Gasteiger partial charge in [0, 0.05) is 29.7 Å². The molecule has 0 fully saturated rings. The van der Waals surface area contributed by atoms with Gasteiger partial charge >= 0.3 is 0 Å². The molecular weight excluding hydrogens is 174 g/mol. The van der Waals surface area contributed by atoms with Crippen molar-refractivity contribution in [2.75, 3.05) is 7.05 Å². The predicted octanol–water partition coefficient (Wildman–Crippen LogP) is 1.35. The molecule has 1 heterocycles. The summed E-state index contributed by atoms with van der Waals surface area (Å²) >= 11 is 0. The lowest BCUT2D eigenvalue weighted by atomic mass is 10.1. The van der Waals surface area contributed by atoms with Crippen LogP contribution in [0.2, 0.25) is 0 Å². The highest BCUT2D eigenvalue weighted by atomic mass is 15.0. The summed E-state index contributed by atoms with van der Waals surface area (Å²) in [5.74, 6) is 0. The molecule has 0 saturated carbocycles. The Morgan fingerprint density at radius 3 is 2.79 bits per heavy atom. The highest BCUT2D eigenvalue weighted by Crippen LogP contribution is 2.23. The SMILES string of the molecule is CNC(N)c1cn(C)c2ccccc12. The maximum absolute atomic E-state index is 5.95. The van der Waals surface area contributed by atoms with E-state index < -0.39 is 0 Å². The van der Waals surface area contributed by atoms with Crippen molar-refractivity contribution >= 4 is 10.9 Å². The van der Waals surface area contributed by atoms with Gasteiger partial charge in [-0.05, 0) is 13.1 Å². The van der Waals surface area contributed by atoms with Gasteiger partial charge in [0.2, 0.25) is 0 Å². The molecule has 1 aromatic carbocycles. The average molecular weight is 189 g/mol. The summed E-state index contributed by atoms with van der Waals surface area (Å²) in [6, 6.07) is 8.27. The number of aryl methyl sites for hydroxylation is 1. The first-order valence-electron chi connectivity index (χ1n) is 4.71. The van der Waals surface area contributed by atoms with Crippen LogP contribution in [0.3, 0.4) is 0 Å². The maximum Gasteiger partial charge on any atom is 0.0828 e. The summed E-state index contributed by atoms with van der Waals surface area (Å²) in [4.78, 5) is 0. The number of nitrogens with two attached hydrogens (primary N) is 1. The number of benzene rings is 1. The van der Waals surface area contributed by atoms with E-state index in [0.717, 1.165) is 5.56 Å². The summed E-state index contributed by atoms with van der Waals surface area (Å²) < 4.78 is 2.10. The molecule has 3 nitrogen and oxygen atoms in total. The Morgan fingerprint density at radius 1 is 1.36 bits per heavy atom. The Hall–Kier alpha value is -1.32. The average Bonchev–Trinajstić information content (AvgIpc) is 2.56. The third kappa shape index (κ3) is 1.31. The van der Waals surface area contributed by atoms with Crippen molar-refractivity contribution in [2.24, 2.45) is 12.8 Å². The van der Waals surface area contributed by atoms with E-state index >= 15 is 0 Å².